The van der Waals surface area contributed by atoms with Gasteiger partial charge in [0, 0.05) is 5.92 Å². The van der Waals surface area contributed by atoms with Gasteiger partial charge in [0.1, 0.15) is 11.3 Å². The van der Waals surface area contributed by atoms with Crippen molar-refractivity contribution in [2.45, 2.75) is 18.8 Å². The molecule has 15 heavy (non-hydrogen) atoms. The first-order chi connectivity index (χ1) is 7.25. The van der Waals surface area contributed by atoms with Gasteiger partial charge in [-0.2, -0.15) is 9.61 Å². The van der Waals surface area contributed by atoms with Gasteiger partial charge >= 0.3 is 5.97 Å². The molecule has 1 N–H and O–H groups in total. The third-order valence-electron chi connectivity index (χ3n) is 2.81. The maximum atomic E-state index is 10.9. The Balaban J connectivity index is 1.94. The average Bonchev–Trinajstić information content (AvgIpc) is 2.59. The molecule has 6 nitrogen and oxygen atoms in total. The van der Waals surface area contributed by atoms with Gasteiger partial charge in [-0.3, -0.25) is 4.79 Å². The molecule has 2 atom stereocenters. The van der Waals surface area contributed by atoms with Gasteiger partial charge in [-0.1, -0.05) is 11.3 Å². The van der Waals surface area contributed by atoms with Gasteiger partial charge in [-0.15, -0.1) is 10.2 Å². The van der Waals surface area contributed by atoms with Gasteiger partial charge in [0.2, 0.25) is 4.96 Å². The molecule has 0 radical (unpaired) electrons. The molecule has 0 amide bonds. The molecule has 1 fully saturated rings. The zero-order chi connectivity index (χ0) is 10.4. The lowest BCUT2D eigenvalue weighted by Gasteiger charge is -2.30. The molecule has 1 aliphatic rings. The fraction of sp³-hybridized carbons (Fsp3) is 0.500. The van der Waals surface area contributed by atoms with E-state index < -0.39 is 5.97 Å². The Hall–Kier alpha value is -1.50. The standard InChI is InChI=1S/C8H8N4O2S/c13-7(14)5-2-1-4(5)6-11-12-3-9-10-8(12)15-6/h3-5H,1-2H2,(H,13,14). The molecule has 0 aromatic carbocycles. The number of carboxylic acid groups (broad SMARTS) is 1. The summed E-state index contributed by atoms with van der Waals surface area (Å²) in [5.74, 6) is -0.930. The molecule has 1 saturated carbocycles. The zero-order valence-corrected chi connectivity index (χ0v) is 8.52. The topological polar surface area (TPSA) is 80.4 Å². The highest BCUT2D eigenvalue weighted by Gasteiger charge is 2.39. The molecule has 2 heterocycles. The molecular formula is C8H8N4O2S. The number of nitrogens with zero attached hydrogens (tertiary/aromatic N) is 4. The van der Waals surface area contributed by atoms with Crippen molar-refractivity contribution in [2.24, 2.45) is 5.92 Å². The highest BCUT2D eigenvalue weighted by atomic mass is 32.1. The second-order valence-corrected chi connectivity index (χ2v) is 4.61. The second kappa shape index (κ2) is 2.99. The summed E-state index contributed by atoms with van der Waals surface area (Å²) in [5.41, 5.74) is 0. The molecule has 3 rings (SSSR count). The van der Waals surface area contributed by atoms with E-state index in [0.29, 0.717) is 0 Å². The fourth-order valence-electron chi connectivity index (χ4n) is 1.82. The van der Waals surface area contributed by atoms with Gasteiger partial charge in [0.25, 0.3) is 0 Å². The Bertz CT molecular complexity index is 491. The third-order valence-corrected chi connectivity index (χ3v) is 3.86. The molecule has 0 aliphatic heterocycles. The maximum absolute atomic E-state index is 10.9. The predicted molar refractivity (Wildman–Crippen MR) is 51.8 cm³/mol. The van der Waals surface area contributed by atoms with E-state index >= 15 is 0 Å². The van der Waals surface area contributed by atoms with E-state index in [0.717, 1.165) is 22.8 Å². The molecular weight excluding hydrogens is 216 g/mol. The van der Waals surface area contributed by atoms with Crippen LogP contribution < -0.4 is 0 Å². The van der Waals surface area contributed by atoms with Crippen LogP contribution in [0.25, 0.3) is 4.96 Å². The van der Waals surface area contributed by atoms with Crippen LogP contribution in [-0.2, 0) is 4.79 Å². The van der Waals surface area contributed by atoms with Gasteiger partial charge in [0.15, 0.2) is 0 Å². The minimum Gasteiger partial charge on any atom is -0.481 e. The molecule has 2 unspecified atom stereocenters. The summed E-state index contributed by atoms with van der Waals surface area (Å²) in [4.78, 5) is 11.6. The van der Waals surface area contributed by atoms with Crippen molar-refractivity contribution in [1.29, 1.82) is 0 Å². The average molecular weight is 224 g/mol. The maximum Gasteiger partial charge on any atom is 0.307 e. The van der Waals surface area contributed by atoms with Crippen LogP contribution in [0, 0.1) is 5.92 Å². The number of carboxylic acids is 1. The summed E-state index contributed by atoms with van der Waals surface area (Å²) in [6.45, 7) is 0. The Morgan fingerprint density at radius 3 is 3.07 bits per heavy atom. The fourth-order valence-corrected chi connectivity index (χ4v) is 2.84. The van der Waals surface area contributed by atoms with Crippen LogP contribution in [0.4, 0.5) is 0 Å². The molecule has 78 valence electrons. The number of carbonyl (C=O) groups is 1. The highest BCUT2D eigenvalue weighted by molar-refractivity contribution is 7.16. The van der Waals surface area contributed by atoms with Crippen molar-refractivity contribution in [2.75, 3.05) is 0 Å². The van der Waals surface area contributed by atoms with Crippen molar-refractivity contribution >= 4 is 22.3 Å². The SMILES string of the molecule is O=C(O)C1CCC1c1nn2cnnc2s1. The van der Waals surface area contributed by atoms with Crippen LogP contribution in [0.3, 0.4) is 0 Å². The number of aromatic nitrogens is 4. The molecule has 2 aromatic heterocycles. The first kappa shape index (κ1) is 8.78. The number of rotatable bonds is 2. The largest absolute Gasteiger partial charge is 0.481 e. The van der Waals surface area contributed by atoms with Crippen molar-refractivity contribution in [1.82, 2.24) is 19.8 Å². The Labute approximate surface area is 88.6 Å². The number of hydrogen-bond donors (Lipinski definition) is 1. The van der Waals surface area contributed by atoms with Gasteiger partial charge < -0.3 is 5.11 Å². The van der Waals surface area contributed by atoms with E-state index in [2.05, 4.69) is 15.3 Å². The van der Waals surface area contributed by atoms with Gasteiger partial charge in [0.05, 0.1) is 5.92 Å². The number of hydrogen-bond acceptors (Lipinski definition) is 5. The third kappa shape index (κ3) is 1.23. The van der Waals surface area contributed by atoms with Crippen molar-refractivity contribution in [3.05, 3.63) is 11.3 Å². The summed E-state index contributed by atoms with van der Waals surface area (Å²) in [7, 11) is 0. The van der Waals surface area contributed by atoms with E-state index in [4.69, 9.17) is 5.11 Å². The van der Waals surface area contributed by atoms with Crippen LogP contribution in [-0.4, -0.2) is 30.9 Å². The predicted octanol–water partition coefficient (Wildman–Crippen LogP) is 0.764. The Morgan fingerprint density at radius 2 is 2.47 bits per heavy atom. The van der Waals surface area contributed by atoms with E-state index in [1.54, 1.807) is 4.52 Å². The van der Waals surface area contributed by atoms with E-state index in [-0.39, 0.29) is 11.8 Å². The summed E-state index contributed by atoms with van der Waals surface area (Å²) in [6.07, 6.45) is 3.19. The van der Waals surface area contributed by atoms with Crippen LogP contribution in [0.15, 0.2) is 6.33 Å². The molecule has 0 spiro atoms. The lowest BCUT2D eigenvalue weighted by atomic mass is 9.74. The molecule has 7 heteroatoms. The van der Waals surface area contributed by atoms with Gasteiger partial charge in [-0.25, -0.2) is 0 Å². The van der Waals surface area contributed by atoms with Crippen molar-refractivity contribution in [3.63, 3.8) is 0 Å². The lowest BCUT2D eigenvalue weighted by molar-refractivity contribution is -0.145. The normalized spacial score (nSPS) is 25.3. The highest BCUT2D eigenvalue weighted by Crippen LogP contribution is 2.43. The van der Waals surface area contributed by atoms with Crippen LogP contribution >= 0.6 is 11.3 Å². The van der Waals surface area contributed by atoms with Crippen LogP contribution in [0.5, 0.6) is 0 Å². The monoisotopic (exact) mass is 224 g/mol. The molecule has 1 aliphatic carbocycles. The summed E-state index contributed by atoms with van der Waals surface area (Å²) in [6, 6.07) is 0. The molecule has 2 aromatic rings. The summed E-state index contributed by atoms with van der Waals surface area (Å²) in [5, 5.41) is 21.6. The smallest absolute Gasteiger partial charge is 0.307 e. The molecule has 0 bridgehead atoms. The Kier molecular flexibility index (Phi) is 1.75. The van der Waals surface area contributed by atoms with Crippen LogP contribution in [0.1, 0.15) is 23.8 Å². The quantitative estimate of drug-likeness (QED) is 0.814. The summed E-state index contributed by atoms with van der Waals surface area (Å²) >= 11 is 1.42. The van der Waals surface area contributed by atoms with Gasteiger partial charge in [-0.05, 0) is 12.8 Å². The van der Waals surface area contributed by atoms with E-state index in [1.807, 2.05) is 0 Å². The number of aliphatic carboxylic acids is 1. The van der Waals surface area contributed by atoms with E-state index in [9.17, 15) is 4.79 Å². The Morgan fingerprint density at radius 1 is 1.60 bits per heavy atom. The first-order valence-electron chi connectivity index (χ1n) is 4.65. The summed E-state index contributed by atoms with van der Waals surface area (Å²) < 4.78 is 1.59. The van der Waals surface area contributed by atoms with Crippen molar-refractivity contribution in [3.8, 4) is 0 Å². The van der Waals surface area contributed by atoms with Crippen LogP contribution in [0.2, 0.25) is 0 Å². The first-order valence-corrected chi connectivity index (χ1v) is 5.47. The minimum absolute atomic E-state index is 0.0641. The minimum atomic E-state index is -0.725. The number of fused-ring (bicyclic) bond motifs is 1. The lowest BCUT2D eigenvalue weighted by Crippen LogP contribution is -2.30. The van der Waals surface area contributed by atoms with E-state index in [1.165, 1.54) is 17.7 Å². The van der Waals surface area contributed by atoms with Crippen molar-refractivity contribution < 1.29 is 9.90 Å². The second-order valence-electron chi connectivity index (χ2n) is 3.63. The zero-order valence-electron chi connectivity index (χ0n) is 7.70. The molecule has 0 saturated heterocycles.